The first kappa shape index (κ1) is 94.5. The van der Waals surface area contributed by atoms with Gasteiger partial charge in [-0.1, -0.05) is 0 Å². The van der Waals surface area contributed by atoms with Gasteiger partial charge in [-0.25, -0.2) is 29.9 Å². The number of fused-ring (bicyclic) bond motifs is 7. The second kappa shape index (κ2) is 40.0. The van der Waals surface area contributed by atoms with Crippen LogP contribution in [-0.4, -0.2) is 130 Å². The van der Waals surface area contributed by atoms with Gasteiger partial charge in [0.1, 0.15) is 68.3 Å². The summed E-state index contributed by atoms with van der Waals surface area (Å²) in [6.07, 6.45) is -8.67. The van der Waals surface area contributed by atoms with E-state index in [-0.39, 0.29) is 110 Å². The maximum atomic E-state index is 13.5. The van der Waals surface area contributed by atoms with Crippen LogP contribution in [0.15, 0.2) is 165 Å². The number of nitrogens with zero attached hydrogens (tertiary/aromatic N) is 11. The number of aromatic amines is 1. The molecule has 0 spiro atoms. The standard InChI is InChI=1S/C21H16F3N5O3.C20H15F3N4O3.C17H18F3N5O2.C17H16F3N5O.C15H13F3N6/c22-21(23,24)14-9-25-20(27-12-2-4-15-11(7-12)1-6-18(30)28-15)29-19(14)26-13-3-5-16-17(8-13)32-10-31-16;21-20(22,23)14-9-24-19(26-12-1-3-15-11(7-12)5-6-28-15)27-18(14)25-13-2-4-16-17(8-13)30-10-29-16;1-27-7-6-21-15-12(17(18,19)20)9-22-16(25-15)23-11-3-4-13-10(8-11)2-5-14(26)24-13;18-17(19,20)12-8-21-16(25-15(12)22-10-2-3-10)23-11-4-5-13-9(7-11)1-6-14(26)24-13;16-15(17,18)11-7-21-14(24-13(11)22-9-1-2-9)23-10-5-8-3-4-19-12(8)20-6-10/h2-5,7-9H,1,6,10H2,(H,28,30)(H2,25,26,27,29);1-4,7-9H,5-6,10H2,(H2,24,25,26,27);3-4,8-9H,2,5-7H2,1H3,(H,24,26)(H2,21,22,23,25);4-5,7-8,10H,1-3,6H2,(H,24,26)(H2,21,22,23,25);3-7,9H,1-2H2,(H,19,20)(H2,21,22,23,24). The first-order valence-corrected chi connectivity index (χ1v) is 42.7. The lowest BCUT2D eigenvalue weighted by Gasteiger charge is -2.18. The minimum absolute atomic E-state index is 0.0129. The van der Waals surface area contributed by atoms with Gasteiger partial charge in [-0.3, -0.25) is 14.4 Å². The molecule has 14 N–H and O–H groups in total. The van der Waals surface area contributed by atoms with Crippen LogP contribution in [0.4, 0.5) is 182 Å². The van der Waals surface area contributed by atoms with Crippen LogP contribution in [0.3, 0.4) is 0 Å². The Bertz CT molecular complexity index is 6770. The molecule has 49 heteroatoms. The molecule has 13 aromatic rings. The average molecular weight is 1940 g/mol. The van der Waals surface area contributed by atoms with E-state index in [1.807, 2.05) is 30.3 Å². The molecule has 8 aliphatic rings. The van der Waals surface area contributed by atoms with Gasteiger partial charge in [-0.05, 0) is 176 Å². The molecule has 139 heavy (non-hydrogen) atoms. The van der Waals surface area contributed by atoms with E-state index in [1.54, 1.807) is 97.3 Å². The van der Waals surface area contributed by atoms with Crippen LogP contribution in [-0.2, 0) is 75.7 Å². The van der Waals surface area contributed by atoms with Gasteiger partial charge in [0.15, 0.2) is 23.0 Å². The molecule has 2 fully saturated rings. The van der Waals surface area contributed by atoms with Gasteiger partial charge >= 0.3 is 30.9 Å². The van der Waals surface area contributed by atoms with Crippen LogP contribution in [0.1, 0.15) is 95.0 Å². The second-order valence-corrected chi connectivity index (χ2v) is 31.9. The van der Waals surface area contributed by atoms with Gasteiger partial charge in [0.25, 0.3) is 0 Å². The highest BCUT2D eigenvalue weighted by atomic mass is 19.4. The first-order chi connectivity index (χ1) is 66.5. The number of H-pyrrole nitrogens is 1. The smallest absolute Gasteiger partial charge is 0.421 e. The number of amides is 3. The van der Waals surface area contributed by atoms with Crippen LogP contribution in [0.2, 0.25) is 0 Å². The van der Waals surface area contributed by atoms with Crippen LogP contribution >= 0.6 is 0 Å². The zero-order chi connectivity index (χ0) is 97.5. The highest BCUT2D eigenvalue weighted by Gasteiger charge is 2.42. The van der Waals surface area contributed by atoms with Crippen molar-refractivity contribution in [1.82, 2.24) is 59.8 Å². The fourth-order valence-electron chi connectivity index (χ4n) is 14.4. The summed E-state index contributed by atoms with van der Waals surface area (Å²) in [5, 5.41) is 37.5. The third-order valence-electron chi connectivity index (χ3n) is 21.5. The molecule has 722 valence electrons. The van der Waals surface area contributed by atoms with Crippen LogP contribution in [0.5, 0.6) is 28.7 Å². The minimum atomic E-state index is -4.65. The number of carbonyl (C=O) groups excluding carboxylic acids is 3. The van der Waals surface area contributed by atoms with E-state index in [0.29, 0.717) is 114 Å². The minimum Gasteiger partial charge on any atom is -0.493 e. The second-order valence-electron chi connectivity index (χ2n) is 31.9. The number of ether oxygens (including phenoxy) is 6. The summed E-state index contributed by atoms with van der Waals surface area (Å²) in [5.41, 5.74) is 5.93. The van der Waals surface area contributed by atoms with Gasteiger partial charge in [-0.15, -0.1) is 0 Å². The van der Waals surface area contributed by atoms with Crippen molar-refractivity contribution in [3.8, 4) is 28.7 Å². The average Bonchev–Trinajstić information content (AvgIpc) is 1.79. The molecule has 21 rings (SSSR count). The lowest BCUT2D eigenvalue weighted by molar-refractivity contribution is -0.138. The van der Waals surface area contributed by atoms with E-state index >= 15 is 0 Å². The number of rotatable bonds is 22. The Morgan fingerprint density at radius 2 is 0.691 bits per heavy atom. The molecular weight excluding hydrogens is 1860 g/mol. The van der Waals surface area contributed by atoms with Crippen molar-refractivity contribution >= 4 is 144 Å². The number of aromatic nitrogens is 12. The van der Waals surface area contributed by atoms with Crippen molar-refractivity contribution in [2.75, 3.05) is 110 Å². The van der Waals surface area contributed by atoms with Crippen LogP contribution < -0.4 is 92.8 Å². The maximum Gasteiger partial charge on any atom is 0.421 e. The van der Waals surface area contributed by atoms with Crippen molar-refractivity contribution in [3.05, 3.63) is 215 Å². The summed E-state index contributed by atoms with van der Waals surface area (Å²) in [6, 6.07) is 34.4. The zero-order valence-electron chi connectivity index (χ0n) is 72.3. The summed E-state index contributed by atoms with van der Waals surface area (Å²) in [5.74, 6) is 1.33. The van der Waals surface area contributed by atoms with E-state index in [1.165, 1.54) is 13.2 Å². The molecule has 2 saturated carbocycles. The molecule has 2 aliphatic carbocycles. The highest BCUT2D eigenvalue weighted by molar-refractivity contribution is 5.96. The molecule has 13 heterocycles. The van der Waals surface area contributed by atoms with Crippen molar-refractivity contribution in [2.24, 2.45) is 0 Å². The largest absolute Gasteiger partial charge is 0.493 e. The molecule has 3 amide bonds. The number of hydrogen-bond donors (Lipinski definition) is 14. The number of anilines is 20. The van der Waals surface area contributed by atoms with Crippen molar-refractivity contribution < 1.29 is 109 Å². The highest BCUT2D eigenvalue weighted by Crippen LogP contribution is 2.45. The van der Waals surface area contributed by atoms with Gasteiger partial charge in [0.05, 0.1) is 25.1 Å². The lowest BCUT2D eigenvalue weighted by Crippen LogP contribution is -2.19. The molecule has 6 aromatic carbocycles. The van der Waals surface area contributed by atoms with E-state index in [4.69, 9.17) is 28.4 Å². The lowest BCUT2D eigenvalue weighted by atomic mass is 10.0. The van der Waals surface area contributed by atoms with Gasteiger partial charge < -0.3 is 103 Å². The molecule has 7 aromatic heterocycles. The van der Waals surface area contributed by atoms with Gasteiger partial charge in [0.2, 0.25) is 61.0 Å². The van der Waals surface area contributed by atoms with Crippen molar-refractivity contribution in [1.29, 1.82) is 0 Å². The predicted octanol–water partition coefficient (Wildman–Crippen LogP) is 19.8. The molecule has 0 radical (unpaired) electrons. The quantitative estimate of drug-likeness (QED) is 0.0221. The third kappa shape index (κ3) is 24.3. The van der Waals surface area contributed by atoms with Crippen molar-refractivity contribution in [3.63, 3.8) is 0 Å². The van der Waals surface area contributed by atoms with E-state index in [9.17, 15) is 80.2 Å². The van der Waals surface area contributed by atoms with Gasteiger partial charge in [0, 0.05) is 157 Å². The SMILES string of the molecule is COCCNc1nc(Nc2ccc3c(c2)CCC(=O)N3)ncc1C(F)(F)F.FC(F)(F)c1cnc(Nc2ccc3c(c2)CCO3)nc1Nc1ccc2c(c1)OCO2.FC(F)(F)c1cnc(Nc2cnc3[nH]ccc3c2)nc1NC1CC1.O=C1CCc2cc(Nc3ncc(C(F)(F)F)c(NC4CC4)n3)ccc2N1.O=C1CCc2cc(Nc3ncc(C(F)(F)F)c(Nc4ccc5c(c4)OCO5)n3)ccc2N1. The number of carbonyl (C=O) groups is 3. The first-order valence-electron chi connectivity index (χ1n) is 42.7. The van der Waals surface area contributed by atoms with Crippen LogP contribution in [0, 0.1) is 0 Å². The monoisotopic (exact) mass is 1940 g/mol. The number of benzene rings is 6. The predicted molar refractivity (Wildman–Crippen MR) is 479 cm³/mol. The third-order valence-corrected chi connectivity index (χ3v) is 21.5. The maximum absolute atomic E-state index is 13.5. The summed E-state index contributed by atoms with van der Waals surface area (Å²) < 4.78 is 230. The Balaban J connectivity index is 0.000000120. The summed E-state index contributed by atoms with van der Waals surface area (Å²) >= 11 is 0. The number of nitrogens with one attached hydrogen (secondary N) is 14. The Morgan fingerprint density at radius 1 is 0.345 bits per heavy atom. The van der Waals surface area contributed by atoms with E-state index in [0.717, 1.165) is 113 Å². The fraction of sp³-hybridized carbons (Fsp3) is 0.267. The molecule has 0 saturated heterocycles. The fourth-order valence-corrected chi connectivity index (χ4v) is 14.4. The Hall–Kier alpha value is -16.3. The number of methoxy groups -OCH3 is 1. The van der Waals surface area contributed by atoms with Crippen LogP contribution in [0.25, 0.3) is 11.0 Å². The number of pyridine rings is 1. The number of halogens is 15. The Kier molecular flexibility index (Phi) is 27.2. The summed E-state index contributed by atoms with van der Waals surface area (Å²) in [6.45, 7) is 1.15. The summed E-state index contributed by atoms with van der Waals surface area (Å²) in [4.78, 5) is 80.6. The molecule has 0 atom stereocenters. The van der Waals surface area contributed by atoms with Gasteiger partial charge in [-0.2, -0.15) is 90.8 Å². The molecule has 0 bridgehead atoms. The topological polar surface area (TPSA) is 421 Å². The Morgan fingerprint density at radius 3 is 1.09 bits per heavy atom. The molecule has 0 unspecified atom stereocenters. The molecule has 34 nitrogen and oxygen atoms in total. The zero-order valence-corrected chi connectivity index (χ0v) is 72.3. The Labute approximate surface area is 776 Å². The molecular formula is C90H78F15N25O9. The number of alkyl halides is 15. The molecule has 6 aliphatic heterocycles. The number of hydrogen-bond acceptors (Lipinski definition) is 30. The van der Waals surface area contributed by atoms with Crippen molar-refractivity contribution in [2.45, 2.75) is 114 Å². The summed E-state index contributed by atoms with van der Waals surface area (Å²) in [7, 11) is 1.46. The number of aryl methyl sites for hydroxylation is 3. The van der Waals surface area contributed by atoms with E-state index < -0.39 is 64.5 Å². The van der Waals surface area contributed by atoms with E-state index in [2.05, 4.69) is 129 Å². The normalized spacial score (nSPS) is 14.7.